The van der Waals surface area contributed by atoms with Crippen LogP contribution in [-0.4, -0.2) is 48.8 Å². The van der Waals surface area contributed by atoms with E-state index in [4.69, 9.17) is 0 Å². The van der Waals surface area contributed by atoms with E-state index in [9.17, 15) is 13.2 Å². The van der Waals surface area contributed by atoms with Crippen molar-refractivity contribution in [3.8, 4) is 0 Å². The summed E-state index contributed by atoms with van der Waals surface area (Å²) in [6.07, 6.45) is 5.56. The molecule has 2 aromatic rings. The molecule has 9 heteroatoms. The van der Waals surface area contributed by atoms with E-state index in [0.29, 0.717) is 24.2 Å². The number of fused-ring (bicyclic) bond motifs is 1. The highest BCUT2D eigenvalue weighted by Crippen LogP contribution is 2.25. The number of benzene rings is 1. The summed E-state index contributed by atoms with van der Waals surface area (Å²) in [6.45, 7) is 3.61. The van der Waals surface area contributed by atoms with Crippen molar-refractivity contribution >= 4 is 49.2 Å². The van der Waals surface area contributed by atoms with E-state index in [1.807, 2.05) is 6.26 Å². The number of carbonyl (C=O) groups is 1. The largest absolute Gasteiger partial charge is 0.316 e. The quantitative estimate of drug-likeness (QED) is 0.688. The van der Waals surface area contributed by atoms with Gasteiger partial charge in [0.1, 0.15) is 0 Å². The number of rotatable bonds is 5. The molecule has 1 unspecified atom stereocenters. The van der Waals surface area contributed by atoms with Gasteiger partial charge in [0.25, 0.3) is 5.91 Å². The molecule has 0 spiro atoms. The number of thioether (sulfide) groups is 1. The number of aryl methyl sites for hydroxylation is 1. The molecule has 6 nitrogen and oxygen atoms in total. The molecular weight excluding hydrogens is 402 g/mol. The minimum absolute atomic E-state index is 0.218. The number of piperidine rings is 1. The third-order valence-electron chi connectivity index (χ3n) is 4.75. The third-order valence-corrected chi connectivity index (χ3v) is 7.78. The lowest BCUT2D eigenvalue weighted by molar-refractivity contribution is -0.122. The summed E-state index contributed by atoms with van der Waals surface area (Å²) >= 11 is 3.21. The molecular formula is C18H25N3O3S3. The molecule has 3 rings (SSSR count). The molecule has 1 saturated heterocycles. The van der Waals surface area contributed by atoms with Gasteiger partial charge in [0.15, 0.2) is 4.80 Å². The molecule has 1 fully saturated rings. The highest BCUT2D eigenvalue weighted by molar-refractivity contribution is 7.98. The van der Waals surface area contributed by atoms with Crippen LogP contribution in [0.3, 0.4) is 0 Å². The Balaban J connectivity index is 1.96. The molecule has 0 aliphatic carbocycles. The third kappa shape index (κ3) is 4.64. The van der Waals surface area contributed by atoms with Crippen LogP contribution in [0.5, 0.6) is 0 Å². The molecule has 1 aromatic carbocycles. The van der Waals surface area contributed by atoms with Crippen LogP contribution in [0, 0.1) is 5.92 Å². The van der Waals surface area contributed by atoms with Crippen molar-refractivity contribution in [1.82, 2.24) is 8.87 Å². The van der Waals surface area contributed by atoms with Gasteiger partial charge in [0.2, 0.25) is 10.0 Å². The molecule has 0 radical (unpaired) electrons. The van der Waals surface area contributed by atoms with Gasteiger partial charge in [-0.25, -0.2) is 12.7 Å². The summed E-state index contributed by atoms with van der Waals surface area (Å²) in [7, 11) is -3.28. The molecule has 0 saturated carbocycles. The van der Waals surface area contributed by atoms with E-state index in [0.717, 1.165) is 23.2 Å². The van der Waals surface area contributed by atoms with Crippen molar-refractivity contribution < 1.29 is 13.2 Å². The fourth-order valence-electron chi connectivity index (χ4n) is 3.34. The lowest BCUT2D eigenvalue weighted by Gasteiger charge is -2.28. The van der Waals surface area contributed by atoms with Crippen LogP contribution in [-0.2, 0) is 21.4 Å². The lowest BCUT2D eigenvalue weighted by atomic mass is 9.99. The lowest BCUT2D eigenvalue weighted by Crippen LogP contribution is -2.41. The number of amides is 1. The molecule has 0 bridgehead atoms. The van der Waals surface area contributed by atoms with Gasteiger partial charge in [0.05, 0.1) is 22.4 Å². The van der Waals surface area contributed by atoms with Crippen LogP contribution in [0.1, 0.15) is 26.2 Å². The summed E-state index contributed by atoms with van der Waals surface area (Å²) < 4.78 is 28.2. The Kier molecular flexibility index (Phi) is 6.45. The predicted molar refractivity (Wildman–Crippen MR) is 112 cm³/mol. The predicted octanol–water partition coefficient (Wildman–Crippen LogP) is 2.93. The summed E-state index contributed by atoms with van der Waals surface area (Å²) in [6, 6.07) is 6.30. The minimum Gasteiger partial charge on any atom is -0.316 e. The van der Waals surface area contributed by atoms with Crippen molar-refractivity contribution in [3.63, 3.8) is 0 Å². The SMILES string of the molecule is CCCn1c(=NC(=O)C2CCCN(S(C)(=O)=O)C2)sc2cc(SC)ccc21. The van der Waals surface area contributed by atoms with Gasteiger partial charge in [-0.05, 0) is 43.7 Å². The Morgan fingerprint density at radius 2 is 2.19 bits per heavy atom. The van der Waals surface area contributed by atoms with E-state index in [1.54, 1.807) is 11.8 Å². The second-order valence-electron chi connectivity index (χ2n) is 6.78. The smallest absolute Gasteiger partial charge is 0.252 e. The zero-order valence-electron chi connectivity index (χ0n) is 15.8. The topological polar surface area (TPSA) is 71.7 Å². The van der Waals surface area contributed by atoms with Crippen molar-refractivity contribution in [2.75, 3.05) is 25.6 Å². The fourth-order valence-corrected chi connectivity index (χ4v) is 5.86. The fraction of sp³-hybridized carbons (Fsp3) is 0.556. The number of hydrogen-bond donors (Lipinski definition) is 0. The summed E-state index contributed by atoms with van der Waals surface area (Å²) in [5.74, 6) is -0.583. The Bertz CT molecular complexity index is 1010. The first-order valence-electron chi connectivity index (χ1n) is 9.04. The summed E-state index contributed by atoms with van der Waals surface area (Å²) in [4.78, 5) is 19.1. The average molecular weight is 428 g/mol. The van der Waals surface area contributed by atoms with Crippen molar-refractivity contribution in [2.45, 2.75) is 37.6 Å². The van der Waals surface area contributed by atoms with Crippen LogP contribution < -0.4 is 4.80 Å². The Hall–Kier alpha value is -1.16. The van der Waals surface area contributed by atoms with Gasteiger partial charge in [-0.15, -0.1) is 11.8 Å². The second-order valence-corrected chi connectivity index (χ2v) is 10.7. The Morgan fingerprint density at radius 1 is 1.41 bits per heavy atom. The molecule has 27 heavy (non-hydrogen) atoms. The van der Waals surface area contributed by atoms with Crippen LogP contribution in [0.2, 0.25) is 0 Å². The van der Waals surface area contributed by atoms with Gasteiger partial charge in [-0.1, -0.05) is 18.3 Å². The maximum atomic E-state index is 12.8. The molecule has 1 amide bonds. The number of aromatic nitrogens is 1. The van der Waals surface area contributed by atoms with E-state index < -0.39 is 10.0 Å². The number of thiazole rings is 1. The van der Waals surface area contributed by atoms with E-state index in [2.05, 4.69) is 34.7 Å². The normalized spacial score (nSPS) is 19.7. The highest BCUT2D eigenvalue weighted by Gasteiger charge is 2.30. The first kappa shape index (κ1) is 20.6. The number of hydrogen-bond acceptors (Lipinski definition) is 5. The number of nitrogens with zero attached hydrogens (tertiary/aromatic N) is 3. The van der Waals surface area contributed by atoms with Crippen LogP contribution in [0.15, 0.2) is 28.1 Å². The molecule has 2 heterocycles. The minimum atomic E-state index is -3.28. The second kappa shape index (κ2) is 8.46. The maximum absolute atomic E-state index is 12.8. The number of carbonyl (C=O) groups excluding carboxylic acids is 1. The first-order valence-corrected chi connectivity index (χ1v) is 12.9. The van der Waals surface area contributed by atoms with Crippen molar-refractivity contribution in [3.05, 3.63) is 23.0 Å². The van der Waals surface area contributed by atoms with Crippen LogP contribution in [0.4, 0.5) is 0 Å². The maximum Gasteiger partial charge on any atom is 0.252 e. The van der Waals surface area contributed by atoms with Crippen LogP contribution >= 0.6 is 23.1 Å². The standard InChI is InChI=1S/C18H25N3O3S3/c1-4-9-21-15-8-7-14(25-2)11-16(15)26-18(21)19-17(22)13-6-5-10-20(12-13)27(3,23)24/h7-8,11,13H,4-6,9-10,12H2,1-3H3. The van der Waals surface area contributed by atoms with Gasteiger partial charge in [-0.2, -0.15) is 4.99 Å². The average Bonchev–Trinajstić information content (AvgIpc) is 2.97. The first-order chi connectivity index (χ1) is 12.8. The van der Waals surface area contributed by atoms with Crippen molar-refractivity contribution in [2.24, 2.45) is 10.9 Å². The Morgan fingerprint density at radius 3 is 2.85 bits per heavy atom. The van der Waals surface area contributed by atoms with E-state index in [-0.39, 0.29) is 18.4 Å². The van der Waals surface area contributed by atoms with E-state index in [1.165, 1.54) is 26.8 Å². The van der Waals surface area contributed by atoms with Crippen molar-refractivity contribution in [1.29, 1.82) is 0 Å². The van der Waals surface area contributed by atoms with E-state index >= 15 is 0 Å². The molecule has 1 atom stereocenters. The summed E-state index contributed by atoms with van der Waals surface area (Å²) in [5.41, 5.74) is 1.09. The van der Waals surface area contributed by atoms with Gasteiger partial charge in [0, 0.05) is 24.5 Å². The molecule has 1 aliphatic rings. The Labute approximate surface area is 168 Å². The monoisotopic (exact) mass is 427 g/mol. The van der Waals surface area contributed by atoms with Crippen LogP contribution in [0.25, 0.3) is 10.2 Å². The summed E-state index contributed by atoms with van der Waals surface area (Å²) in [5, 5.41) is 0. The van der Waals surface area contributed by atoms with Gasteiger partial charge in [-0.3, -0.25) is 4.79 Å². The zero-order chi connectivity index (χ0) is 19.6. The molecule has 148 valence electrons. The number of sulfonamides is 1. The zero-order valence-corrected chi connectivity index (χ0v) is 18.3. The molecule has 1 aromatic heterocycles. The highest BCUT2D eigenvalue weighted by atomic mass is 32.2. The molecule has 0 N–H and O–H groups in total. The van der Waals surface area contributed by atoms with Gasteiger partial charge >= 0.3 is 0 Å². The van der Waals surface area contributed by atoms with Gasteiger partial charge < -0.3 is 4.57 Å². The molecule has 1 aliphatic heterocycles.